The molecule has 0 saturated heterocycles. The van der Waals surface area contributed by atoms with Gasteiger partial charge in [0.15, 0.2) is 10.9 Å². The first kappa shape index (κ1) is 20.2. The van der Waals surface area contributed by atoms with E-state index in [1.54, 1.807) is 25.1 Å². The predicted octanol–water partition coefficient (Wildman–Crippen LogP) is 4.15. The minimum Gasteiger partial charge on any atom is -0.497 e. The quantitative estimate of drug-likeness (QED) is 0.442. The minimum absolute atomic E-state index is 0.0288. The molecule has 7 heteroatoms. The zero-order valence-electron chi connectivity index (χ0n) is 17.2. The maximum Gasteiger partial charge on any atom is 0.223 e. The van der Waals surface area contributed by atoms with E-state index < -0.39 is 0 Å². The standard InChI is InChI=1S/C23H23N3O3S/c1-15(22(28)18-7-8-21-17(13-18)9-11-25(21)16(2)27)30-23-24-10-12-26(23)19-5-4-6-20(14-19)29-3/h4-8,10,12-15H,9,11H2,1-3H3. The van der Waals surface area contributed by atoms with Gasteiger partial charge in [-0.15, -0.1) is 0 Å². The van der Waals surface area contributed by atoms with Gasteiger partial charge in [0.1, 0.15) is 5.75 Å². The Morgan fingerprint density at radius 3 is 2.80 bits per heavy atom. The molecule has 6 nitrogen and oxygen atoms in total. The number of hydrogen-bond donors (Lipinski definition) is 0. The second-order valence-electron chi connectivity index (χ2n) is 7.17. The monoisotopic (exact) mass is 421 g/mol. The summed E-state index contributed by atoms with van der Waals surface area (Å²) in [5.41, 5.74) is 3.55. The Morgan fingerprint density at radius 2 is 2.03 bits per heavy atom. The Labute approximate surface area is 179 Å². The van der Waals surface area contributed by atoms with Gasteiger partial charge in [-0.2, -0.15) is 0 Å². The normalized spacial score (nSPS) is 13.8. The second kappa shape index (κ2) is 8.36. The molecule has 0 N–H and O–H groups in total. The van der Waals surface area contributed by atoms with Crippen LogP contribution in [0.2, 0.25) is 0 Å². The van der Waals surface area contributed by atoms with Gasteiger partial charge < -0.3 is 9.64 Å². The summed E-state index contributed by atoms with van der Waals surface area (Å²) in [6, 6.07) is 13.3. The van der Waals surface area contributed by atoms with E-state index in [1.165, 1.54) is 11.8 Å². The lowest BCUT2D eigenvalue weighted by Crippen LogP contribution is -2.25. The molecule has 1 aliphatic rings. The third kappa shape index (κ3) is 3.85. The Morgan fingerprint density at radius 1 is 1.20 bits per heavy atom. The predicted molar refractivity (Wildman–Crippen MR) is 118 cm³/mol. The van der Waals surface area contributed by atoms with Crippen LogP contribution in [-0.2, 0) is 11.2 Å². The van der Waals surface area contributed by atoms with Crippen molar-refractivity contribution in [3.8, 4) is 11.4 Å². The molecule has 0 saturated carbocycles. The molecular formula is C23H23N3O3S. The molecule has 0 aliphatic carbocycles. The highest BCUT2D eigenvalue weighted by Gasteiger charge is 2.25. The number of Topliss-reactive ketones (excluding diaryl/α,β-unsaturated/α-hetero) is 1. The molecule has 1 amide bonds. The molecule has 0 spiro atoms. The van der Waals surface area contributed by atoms with Gasteiger partial charge in [-0.25, -0.2) is 4.98 Å². The van der Waals surface area contributed by atoms with Gasteiger partial charge in [-0.3, -0.25) is 14.2 Å². The topological polar surface area (TPSA) is 64.4 Å². The van der Waals surface area contributed by atoms with Crippen molar-refractivity contribution in [2.45, 2.75) is 30.7 Å². The largest absolute Gasteiger partial charge is 0.497 e. The highest BCUT2D eigenvalue weighted by Crippen LogP contribution is 2.32. The molecule has 4 rings (SSSR count). The molecule has 1 unspecified atom stereocenters. The summed E-state index contributed by atoms with van der Waals surface area (Å²) in [4.78, 5) is 31.0. The van der Waals surface area contributed by atoms with Crippen LogP contribution < -0.4 is 9.64 Å². The van der Waals surface area contributed by atoms with Gasteiger partial charge in [0.2, 0.25) is 5.91 Å². The summed E-state index contributed by atoms with van der Waals surface area (Å²) in [6.45, 7) is 4.13. The maximum absolute atomic E-state index is 13.1. The number of ketones is 1. The van der Waals surface area contributed by atoms with Crippen molar-refractivity contribution in [1.29, 1.82) is 0 Å². The lowest BCUT2D eigenvalue weighted by molar-refractivity contribution is -0.116. The first-order valence-electron chi connectivity index (χ1n) is 9.77. The third-order valence-electron chi connectivity index (χ3n) is 5.23. The number of methoxy groups -OCH3 is 1. The maximum atomic E-state index is 13.1. The fraction of sp³-hybridized carbons (Fsp3) is 0.261. The van der Waals surface area contributed by atoms with Crippen molar-refractivity contribution < 1.29 is 14.3 Å². The van der Waals surface area contributed by atoms with Crippen LogP contribution in [0.1, 0.15) is 29.8 Å². The second-order valence-corrected chi connectivity index (χ2v) is 8.48. The van der Waals surface area contributed by atoms with E-state index >= 15 is 0 Å². The number of hydrogen-bond acceptors (Lipinski definition) is 5. The number of carbonyl (C=O) groups is 2. The van der Waals surface area contributed by atoms with Gasteiger partial charge in [0.25, 0.3) is 0 Å². The Kier molecular flexibility index (Phi) is 5.63. The molecule has 30 heavy (non-hydrogen) atoms. The van der Waals surface area contributed by atoms with E-state index in [0.29, 0.717) is 12.1 Å². The van der Waals surface area contributed by atoms with Crippen molar-refractivity contribution in [1.82, 2.24) is 9.55 Å². The number of anilines is 1. The van der Waals surface area contributed by atoms with Crippen LogP contribution in [0, 0.1) is 0 Å². The third-order valence-corrected chi connectivity index (χ3v) is 6.31. The van der Waals surface area contributed by atoms with Crippen molar-refractivity contribution in [3.05, 3.63) is 66.0 Å². The molecule has 1 atom stereocenters. The number of aromatic nitrogens is 2. The fourth-order valence-electron chi connectivity index (χ4n) is 3.66. The van der Waals surface area contributed by atoms with Crippen molar-refractivity contribution >= 4 is 29.1 Å². The highest BCUT2D eigenvalue weighted by molar-refractivity contribution is 8.00. The minimum atomic E-state index is -0.305. The lowest BCUT2D eigenvalue weighted by Gasteiger charge is -2.16. The van der Waals surface area contributed by atoms with Crippen molar-refractivity contribution in [2.24, 2.45) is 0 Å². The van der Waals surface area contributed by atoms with E-state index in [-0.39, 0.29) is 16.9 Å². The number of benzene rings is 2. The van der Waals surface area contributed by atoms with Crippen LogP contribution in [0.5, 0.6) is 5.75 Å². The summed E-state index contributed by atoms with van der Waals surface area (Å²) in [5.74, 6) is 0.837. The number of imidazole rings is 1. The summed E-state index contributed by atoms with van der Waals surface area (Å²) >= 11 is 1.42. The molecule has 2 heterocycles. The van der Waals surface area contributed by atoms with Crippen LogP contribution in [0.15, 0.2) is 60.0 Å². The Hall–Kier alpha value is -3.06. The SMILES string of the molecule is COc1cccc(-n2ccnc2SC(C)C(=O)c2ccc3c(c2)CCN3C(C)=O)c1. The van der Waals surface area contributed by atoms with E-state index in [4.69, 9.17) is 4.74 Å². The molecule has 0 bridgehead atoms. The highest BCUT2D eigenvalue weighted by atomic mass is 32.2. The molecule has 154 valence electrons. The van der Waals surface area contributed by atoms with Crippen molar-refractivity contribution in [3.63, 3.8) is 0 Å². The van der Waals surface area contributed by atoms with Gasteiger partial charge >= 0.3 is 0 Å². The van der Waals surface area contributed by atoms with Crippen LogP contribution in [0.3, 0.4) is 0 Å². The van der Waals surface area contributed by atoms with E-state index in [0.717, 1.165) is 34.3 Å². The van der Waals surface area contributed by atoms with E-state index in [9.17, 15) is 9.59 Å². The zero-order chi connectivity index (χ0) is 21.3. The smallest absolute Gasteiger partial charge is 0.223 e. The summed E-state index contributed by atoms with van der Waals surface area (Å²) < 4.78 is 7.26. The number of amides is 1. The van der Waals surface area contributed by atoms with Gasteiger partial charge in [-0.05, 0) is 49.2 Å². The van der Waals surface area contributed by atoms with Crippen LogP contribution in [-0.4, -0.2) is 40.1 Å². The van der Waals surface area contributed by atoms with E-state index in [2.05, 4.69) is 4.98 Å². The van der Waals surface area contributed by atoms with Crippen molar-refractivity contribution in [2.75, 3.05) is 18.6 Å². The first-order valence-corrected chi connectivity index (χ1v) is 10.7. The number of thioether (sulfide) groups is 1. The number of ether oxygens (including phenoxy) is 1. The van der Waals surface area contributed by atoms with E-state index in [1.807, 2.05) is 60.2 Å². The van der Waals surface area contributed by atoms with Crippen LogP contribution in [0.4, 0.5) is 5.69 Å². The fourth-order valence-corrected chi connectivity index (χ4v) is 4.62. The number of carbonyl (C=O) groups excluding carboxylic acids is 2. The molecular weight excluding hydrogens is 398 g/mol. The molecule has 3 aromatic rings. The van der Waals surface area contributed by atoms with Crippen LogP contribution >= 0.6 is 11.8 Å². The van der Waals surface area contributed by atoms with Crippen LogP contribution in [0.25, 0.3) is 5.69 Å². The molecule has 2 aromatic carbocycles. The van der Waals surface area contributed by atoms with Gasteiger partial charge in [0.05, 0.1) is 18.0 Å². The summed E-state index contributed by atoms with van der Waals surface area (Å²) in [6.07, 6.45) is 4.38. The Balaban J connectivity index is 1.53. The lowest BCUT2D eigenvalue weighted by atomic mass is 10.0. The number of nitrogens with zero attached hydrogens (tertiary/aromatic N) is 3. The summed E-state index contributed by atoms with van der Waals surface area (Å²) in [5, 5.41) is 0.438. The Bertz CT molecular complexity index is 1110. The molecule has 1 aliphatic heterocycles. The molecule has 0 radical (unpaired) electrons. The molecule has 1 aromatic heterocycles. The first-order chi connectivity index (χ1) is 14.5. The number of fused-ring (bicyclic) bond motifs is 1. The average Bonchev–Trinajstić information content (AvgIpc) is 3.39. The van der Waals surface area contributed by atoms with Gasteiger partial charge in [0, 0.05) is 43.2 Å². The number of rotatable bonds is 6. The molecule has 0 fully saturated rings. The van der Waals surface area contributed by atoms with Gasteiger partial charge in [-0.1, -0.05) is 17.8 Å². The average molecular weight is 422 g/mol. The zero-order valence-corrected chi connectivity index (χ0v) is 18.0. The summed E-state index contributed by atoms with van der Waals surface area (Å²) in [7, 11) is 1.63.